The number of nitrogens with one attached hydrogen (secondary N) is 1. The Balaban J connectivity index is 1.96. The SMILES string of the molecule is Cc1ccc(CNC2(CO)CCC2)cc1Cl. The molecule has 0 aromatic heterocycles. The maximum atomic E-state index is 9.32. The van der Waals surface area contributed by atoms with Crippen molar-refractivity contribution in [3.8, 4) is 0 Å². The summed E-state index contributed by atoms with van der Waals surface area (Å²) in [5, 5.41) is 13.6. The molecule has 0 heterocycles. The van der Waals surface area contributed by atoms with E-state index >= 15 is 0 Å². The van der Waals surface area contributed by atoms with Crippen molar-refractivity contribution >= 4 is 11.6 Å². The summed E-state index contributed by atoms with van der Waals surface area (Å²) in [7, 11) is 0. The fraction of sp³-hybridized carbons (Fsp3) is 0.538. The zero-order valence-electron chi connectivity index (χ0n) is 9.59. The summed E-state index contributed by atoms with van der Waals surface area (Å²) in [6.07, 6.45) is 3.36. The third-order valence-corrected chi connectivity index (χ3v) is 3.92. The molecule has 2 nitrogen and oxygen atoms in total. The van der Waals surface area contributed by atoms with Crippen molar-refractivity contribution in [1.29, 1.82) is 0 Å². The van der Waals surface area contributed by atoms with Gasteiger partial charge in [0.2, 0.25) is 0 Å². The van der Waals surface area contributed by atoms with Gasteiger partial charge in [0.15, 0.2) is 0 Å². The van der Waals surface area contributed by atoms with Crippen LogP contribution < -0.4 is 5.32 Å². The van der Waals surface area contributed by atoms with Crippen LogP contribution in [0.5, 0.6) is 0 Å². The van der Waals surface area contributed by atoms with Crippen molar-refractivity contribution in [2.75, 3.05) is 6.61 Å². The Morgan fingerprint density at radius 1 is 1.44 bits per heavy atom. The van der Waals surface area contributed by atoms with Gasteiger partial charge >= 0.3 is 0 Å². The summed E-state index contributed by atoms with van der Waals surface area (Å²) in [5.74, 6) is 0. The Hall–Kier alpha value is -0.570. The van der Waals surface area contributed by atoms with E-state index in [9.17, 15) is 5.11 Å². The summed E-state index contributed by atoms with van der Waals surface area (Å²) >= 11 is 6.07. The topological polar surface area (TPSA) is 32.3 Å². The van der Waals surface area contributed by atoms with E-state index in [1.807, 2.05) is 19.1 Å². The molecule has 1 fully saturated rings. The van der Waals surface area contributed by atoms with Crippen LogP contribution >= 0.6 is 11.6 Å². The third kappa shape index (κ3) is 2.40. The number of halogens is 1. The smallest absolute Gasteiger partial charge is 0.0613 e. The molecule has 0 saturated heterocycles. The van der Waals surface area contributed by atoms with Gasteiger partial charge in [-0.1, -0.05) is 23.7 Å². The van der Waals surface area contributed by atoms with E-state index in [1.54, 1.807) is 0 Å². The number of aliphatic hydroxyl groups excluding tert-OH is 1. The quantitative estimate of drug-likeness (QED) is 0.847. The largest absolute Gasteiger partial charge is 0.394 e. The molecule has 0 unspecified atom stereocenters. The second-order valence-corrected chi connectivity index (χ2v) is 5.14. The van der Waals surface area contributed by atoms with Crippen LogP contribution in [-0.2, 0) is 6.54 Å². The van der Waals surface area contributed by atoms with Gasteiger partial charge in [-0.3, -0.25) is 0 Å². The Morgan fingerprint density at radius 2 is 2.19 bits per heavy atom. The molecule has 0 spiro atoms. The first-order valence-corrected chi connectivity index (χ1v) is 6.14. The average Bonchev–Trinajstić information content (AvgIpc) is 2.22. The normalized spacial score (nSPS) is 18.2. The van der Waals surface area contributed by atoms with Crippen LogP contribution in [0.1, 0.15) is 30.4 Å². The van der Waals surface area contributed by atoms with Gasteiger partial charge in [0, 0.05) is 17.1 Å². The van der Waals surface area contributed by atoms with Gasteiger partial charge in [-0.2, -0.15) is 0 Å². The maximum absolute atomic E-state index is 9.32. The highest BCUT2D eigenvalue weighted by atomic mass is 35.5. The highest BCUT2D eigenvalue weighted by molar-refractivity contribution is 6.31. The van der Waals surface area contributed by atoms with Crippen molar-refractivity contribution in [3.05, 3.63) is 34.3 Å². The maximum Gasteiger partial charge on any atom is 0.0613 e. The summed E-state index contributed by atoms with van der Waals surface area (Å²) in [6, 6.07) is 6.11. The van der Waals surface area contributed by atoms with E-state index < -0.39 is 0 Å². The van der Waals surface area contributed by atoms with Crippen LogP contribution in [0.25, 0.3) is 0 Å². The van der Waals surface area contributed by atoms with E-state index in [0.717, 1.165) is 30.0 Å². The van der Waals surface area contributed by atoms with E-state index in [2.05, 4.69) is 11.4 Å². The van der Waals surface area contributed by atoms with Crippen LogP contribution in [0, 0.1) is 6.92 Å². The summed E-state index contributed by atoms with van der Waals surface area (Å²) in [4.78, 5) is 0. The van der Waals surface area contributed by atoms with Crippen molar-refractivity contribution in [3.63, 3.8) is 0 Å². The van der Waals surface area contributed by atoms with E-state index in [0.29, 0.717) is 0 Å². The number of aryl methyl sites for hydroxylation is 1. The lowest BCUT2D eigenvalue weighted by molar-refractivity contribution is 0.0872. The van der Waals surface area contributed by atoms with E-state index in [1.165, 1.54) is 12.0 Å². The zero-order chi connectivity index (χ0) is 11.6. The van der Waals surface area contributed by atoms with Gasteiger partial charge in [0.05, 0.1) is 6.61 Å². The fourth-order valence-electron chi connectivity index (χ4n) is 2.03. The molecule has 3 heteroatoms. The standard InChI is InChI=1S/C13H18ClNO/c1-10-3-4-11(7-12(10)14)8-15-13(9-16)5-2-6-13/h3-4,7,15-16H,2,5-6,8-9H2,1H3. The van der Waals surface area contributed by atoms with Crippen LogP contribution in [0.15, 0.2) is 18.2 Å². The molecule has 1 aromatic rings. The third-order valence-electron chi connectivity index (χ3n) is 3.52. The van der Waals surface area contributed by atoms with Gasteiger partial charge in [0.1, 0.15) is 0 Å². The summed E-state index contributed by atoms with van der Waals surface area (Å²) in [6.45, 7) is 3.01. The van der Waals surface area contributed by atoms with Crippen LogP contribution in [-0.4, -0.2) is 17.3 Å². The number of aliphatic hydroxyl groups is 1. The average molecular weight is 240 g/mol. The van der Waals surface area contributed by atoms with Crippen molar-refractivity contribution in [2.45, 2.75) is 38.3 Å². The molecule has 0 atom stereocenters. The van der Waals surface area contributed by atoms with Gasteiger partial charge in [-0.15, -0.1) is 0 Å². The predicted molar refractivity (Wildman–Crippen MR) is 66.7 cm³/mol. The molecular weight excluding hydrogens is 222 g/mol. The molecule has 2 rings (SSSR count). The van der Waals surface area contributed by atoms with Gasteiger partial charge in [-0.05, 0) is 43.4 Å². The summed E-state index contributed by atoms with van der Waals surface area (Å²) < 4.78 is 0. The molecule has 0 radical (unpaired) electrons. The van der Waals surface area contributed by atoms with Crippen molar-refractivity contribution in [1.82, 2.24) is 5.32 Å². The Bertz CT molecular complexity index is 369. The molecule has 1 aliphatic carbocycles. The molecule has 88 valence electrons. The van der Waals surface area contributed by atoms with Crippen molar-refractivity contribution in [2.24, 2.45) is 0 Å². The minimum Gasteiger partial charge on any atom is -0.394 e. The van der Waals surface area contributed by atoms with E-state index in [-0.39, 0.29) is 12.1 Å². The minimum absolute atomic E-state index is 0.0304. The Morgan fingerprint density at radius 3 is 2.69 bits per heavy atom. The van der Waals surface area contributed by atoms with Gasteiger partial charge in [0.25, 0.3) is 0 Å². The van der Waals surface area contributed by atoms with E-state index in [4.69, 9.17) is 11.6 Å². The fourth-order valence-corrected chi connectivity index (χ4v) is 2.23. The predicted octanol–water partition coefficient (Wildman–Crippen LogP) is 2.65. The second-order valence-electron chi connectivity index (χ2n) is 4.73. The summed E-state index contributed by atoms with van der Waals surface area (Å²) in [5.41, 5.74) is 2.25. The lowest BCUT2D eigenvalue weighted by atomic mass is 9.77. The van der Waals surface area contributed by atoms with Crippen LogP contribution in [0.3, 0.4) is 0 Å². The Labute approximate surface area is 102 Å². The molecule has 1 saturated carbocycles. The van der Waals surface area contributed by atoms with Gasteiger partial charge in [-0.25, -0.2) is 0 Å². The van der Waals surface area contributed by atoms with Crippen molar-refractivity contribution < 1.29 is 5.11 Å². The molecule has 0 amide bonds. The lowest BCUT2D eigenvalue weighted by Gasteiger charge is -2.41. The first-order chi connectivity index (χ1) is 7.65. The molecule has 1 aliphatic rings. The molecular formula is C13H18ClNO. The Kier molecular flexibility index (Phi) is 3.53. The number of rotatable bonds is 4. The highest BCUT2D eigenvalue weighted by Crippen LogP contribution is 2.31. The van der Waals surface area contributed by atoms with Crippen LogP contribution in [0.2, 0.25) is 5.02 Å². The second kappa shape index (κ2) is 4.74. The van der Waals surface area contributed by atoms with Gasteiger partial charge < -0.3 is 10.4 Å². The molecule has 1 aromatic carbocycles. The molecule has 16 heavy (non-hydrogen) atoms. The minimum atomic E-state index is -0.0304. The number of benzene rings is 1. The lowest BCUT2D eigenvalue weighted by Crippen LogP contribution is -2.53. The monoisotopic (exact) mass is 239 g/mol. The molecule has 2 N–H and O–H groups in total. The molecule has 0 aliphatic heterocycles. The highest BCUT2D eigenvalue weighted by Gasteiger charge is 2.35. The zero-order valence-corrected chi connectivity index (χ0v) is 10.3. The first-order valence-electron chi connectivity index (χ1n) is 5.76. The van der Waals surface area contributed by atoms with Crippen LogP contribution in [0.4, 0.5) is 0 Å². The first kappa shape index (κ1) is 11.9. The molecule has 0 bridgehead atoms. The number of hydrogen-bond acceptors (Lipinski definition) is 2. The number of hydrogen-bond donors (Lipinski definition) is 2.